The lowest BCUT2D eigenvalue weighted by atomic mass is 10.1. The van der Waals surface area contributed by atoms with Crippen molar-refractivity contribution in [2.24, 2.45) is 0 Å². The third kappa shape index (κ3) is 3.74. The summed E-state index contributed by atoms with van der Waals surface area (Å²) in [5, 5.41) is 9.74. The Morgan fingerprint density at radius 2 is 1.71 bits per heavy atom. The molecule has 1 aliphatic heterocycles. The van der Waals surface area contributed by atoms with E-state index in [1.807, 2.05) is 4.90 Å². The van der Waals surface area contributed by atoms with Crippen LogP contribution in [0, 0.1) is 0 Å². The molecule has 5 heteroatoms. The van der Waals surface area contributed by atoms with Crippen molar-refractivity contribution in [3.63, 3.8) is 0 Å². The number of hydrogen-bond donors (Lipinski definition) is 1. The highest BCUT2D eigenvalue weighted by Crippen LogP contribution is 2.19. The number of hydrogen-bond acceptors (Lipinski definition) is 3. The number of benzene rings is 1. The Hall–Kier alpha value is -2.04. The highest BCUT2D eigenvalue weighted by molar-refractivity contribution is 5.97. The van der Waals surface area contributed by atoms with E-state index in [9.17, 15) is 14.7 Å². The Morgan fingerprint density at radius 1 is 1.10 bits per heavy atom. The van der Waals surface area contributed by atoms with Crippen molar-refractivity contribution in [3.05, 3.63) is 29.8 Å². The summed E-state index contributed by atoms with van der Waals surface area (Å²) in [6.07, 6.45) is 2.51. The second-order valence-corrected chi connectivity index (χ2v) is 5.29. The third-order valence-corrected chi connectivity index (χ3v) is 3.80. The number of carbonyl (C=O) groups excluding carboxylic acids is 2. The zero-order valence-electron chi connectivity index (χ0n) is 12.4. The van der Waals surface area contributed by atoms with Gasteiger partial charge in [-0.3, -0.25) is 9.59 Å². The third-order valence-electron chi connectivity index (χ3n) is 3.80. The first kappa shape index (κ1) is 15.4. The fourth-order valence-electron chi connectivity index (χ4n) is 2.47. The molecule has 0 aliphatic carbocycles. The summed E-state index contributed by atoms with van der Waals surface area (Å²) in [6.45, 7) is 4.25. The van der Waals surface area contributed by atoms with Gasteiger partial charge in [-0.15, -0.1) is 0 Å². The number of aromatic hydroxyl groups is 1. The number of carbonyl (C=O) groups is 2. The minimum absolute atomic E-state index is 0.00366. The van der Waals surface area contributed by atoms with E-state index >= 15 is 0 Å². The second-order valence-electron chi connectivity index (χ2n) is 5.29. The molecular weight excluding hydrogens is 268 g/mol. The summed E-state index contributed by atoms with van der Waals surface area (Å²) in [5.41, 5.74) is 0.322. The van der Waals surface area contributed by atoms with Crippen molar-refractivity contribution in [2.75, 3.05) is 26.2 Å². The number of piperazine rings is 1. The van der Waals surface area contributed by atoms with E-state index in [1.54, 1.807) is 23.1 Å². The summed E-state index contributed by atoms with van der Waals surface area (Å²) in [4.78, 5) is 27.8. The molecule has 0 bridgehead atoms. The predicted octanol–water partition coefficient (Wildman–Crippen LogP) is 1.87. The van der Waals surface area contributed by atoms with Crippen LogP contribution in [0.1, 0.15) is 36.5 Å². The molecule has 0 unspecified atom stereocenters. The number of para-hydroxylation sites is 1. The van der Waals surface area contributed by atoms with Gasteiger partial charge >= 0.3 is 0 Å². The summed E-state index contributed by atoms with van der Waals surface area (Å²) >= 11 is 0. The molecule has 21 heavy (non-hydrogen) atoms. The zero-order chi connectivity index (χ0) is 15.2. The molecule has 1 aromatic rings. The molecule has 2 amide bonds. The van der Waals surface area contributed by atoms with Gasteiger partial charge in [-0.25, -0.2) is 0 Å². The van der Waals surface area contributed by atoms with Crippen molar-refractivity contribution < 1.29 is 14.7 Å². The standard InChI is InChI=1S/C16H22N2O3/c1-2-3-8-15(20)17-9-11-18(12-10-17)16(21)13-6-4-5-7-14(13)19/h4-7,19H,2-3,8-12H2,1H3. The summed E-state index contributed by atoms with van der Waals surface area (Å²) in [6, 6.07) is 6.56. The Morgan fingerprint density at radius 3 is 2.33 bits per heavy atom. The fourth-order valence-corrected chi connectivity index (χ4v) is 2.47. The first-order chi connectivity index (χ1) is 10.1. The molecule has 1 fully saturated rings. The van der Waals surface area contributed by atoms with Crippen molar-refractivity contribution in [3.8, 4) is 5.75 Å². The van der Waals surface area contributed by atoms with E-state index in [1.165, 1.54) is 6.07 Å². The molecule has 1 aromatic carbocycles. The average molecular weight is 290 g/mol. The molecule has 2 rings (SSSR count). The molecule has 1 N–H and O–H groups in total. The van der Waals surface area contributed by atoms with Crippen LogP contribution in [0.4, 0.5) is 0 Å². The van der Waals surface area contributed by atoms with Crippen molar-refractivity contribution in [2.45, 2.75) is 26.2 Å². The molecule has 0 spiro atoms. The van der Waals surface area contributed by atoms with Gasteiger partial charge in [0.15, 0.2) is 0 Å². The van der Waals surface area contributed by atoms with E-state index in [-0.39, 0.29) is 17.6 Å². The smallest absolute Gasteiger partial charge is 0.257 e. The zero-order valence-corrected chi connectivity index (χ0v) is 12.4. The van der Waals surface area contributed by atoms with Crippen LogP contribution in [0.15, 0.2) is 24.3 Å². The van der Waals surface area contributed by atoms with Crippen molar-refractivity contribution in [1.29, 1.82) is 0 Å². The van der Waals surface area contributed by atoms with Crippen LogP contribution < -0.4 is 0 Å². The van der Waals surface area contributed by atoms with Gasteiger partial charge in [0.1, 0.15) is 5.75 Å². The fraction of sp³-hybridized carbons (Fsp3) is 0.500. The van der Waals surface area contributed by atoms with Crippen molar-refractivity contribution in [1.82, 2.24) is 9.80 Å². The molecule has 0 aromatic heterocycles. The lowest BCUT2D eigenvalue weighted by Crippen LogP contribution is -2.50. The van der Waals surface area contributed by atoms with Gasteiger partial charge in [0.2, 0.25) is 5.91 Å². The van der Waals surface area contributed by atoms with Gasteiger partial charge < -0.3 is 14.9 Å². The summed E-state index contributed by atoms with van der Waals surface area (Å²) in [7, 11) is 0. The summed E-state index contributed by atoms with van der Waals surface area (Å²) < 4.78 is 0. The van der Waals surface area contributed by atoms with Gasteiger partial charge in [-0.1, -0.05) is 25.5 Å². The predicted molar refractivity (Wildman–Crippen MR) is 80.1 cm³/mol. The maximum Gasteiger partial charge on any atom is 0.257 e. The minimum Gasteiger partial charge on any atom is -0.507 e. The highest BCUT2D eigenvalue weighted by Gasteiger charge is 2.25. The molecule has 1 aliphatic rings. The highest BCUT2D eigenvalue weighted by atomic mass is 16.3. The number of rotatable bonds is 4. The van der Waals surface area contributed by atoms with E-state index < -0.39 is 0 Å². The van der Waals surface area contributed by atoms with Gasteiger partial charge in [-0.2, -0.15) is 0 Å². The van der Waals surface area contributed by atoms with Gasteiger partial charge in [0.25, 0.3) is 5.91 Å². The first-order valence-corrected chi connectivity index (χ1v) is 7.48. The van der Waals surface area contributed by atoms with Crippen LogP contribution in [0.5, 0.6) is 5.75 Å². The van der Waals surface area contributed by atoms with Gasteiger partial charge in [0.05, 0.1) is 5.56 Å². The van der Waals surface area contributed by atoms with Crippen molar-refractivity contribution >= 4 is 11.8 Å². The number of phenolic OH excluding ortho intramolecular Hbond substituents is 1. The topological polar surface area (TPSA) is 60.9 Å². The number of nitrogens with zero attached hydrogens (tertiary/aromatic N) is 2. The van der Waals surface area contributed by atoms with Gasteiger partial charge in [-0.05, 0) is 18.6 Å². The van der Waals surface area contributed by atoms with Crippen LogP contribution in [0.25, 0.3) is 0 Å². The van der Waals surface area contributed by atoms with Crippen LogP contribution in [0.2, 0.25) is 0 Å². The Bertz CT molecular complexity index is 508. The lowest BCUT2D eigenvalue weighted by molar-refractivity contribution is -0.132. The van der Waals surface area contributed by atoms with E-state index in [4.69, 9.17) is 0 Å². The minimum atomic E-state index is -0.172. The molecule has 1 saturated heterocycles. The molecule has 0 radical (unpaired) electrons. The van der Waals surface area contributed by atoms with Crippen LogP contribution >= 0.6 is 0 Å². The average Bonchev–Trinajstić information content (AvgIpc) is 2.52. The number of amides is 2. The molecule has 1 heterocycles. The normalized spacial score (nSPS) is 15.1. The monoisotopic (exact) mass is 290 g/mol. The Kier molecular flexibility index (Phi) is 5.20. The Labute approximate surface area is 125 Å². The molecular formula is C16H22N2O3. The second kappa shape index (κ2) is 7.11. The SMILES string of the molecule is CCCCC(=O)N1CCN(C(=O)c2ccccc2O)CC1. The van der Waals surface area contributed by atoms with E-state index in [0.29, 0.717) is 38.2 Å². The van der Waals surface area contributed by atoms with Crippen LogP contribution in [-0.4, -0.2) is 52.9 Å². The molecule has 114 valence electrons. The maximum atomic E-state index is 12.3. The largest absolute Gasteiger partial charge is 0.507 e. The van der Waals surface area contributed by atoms with Crippen LogP contribution in [0.3, 0.4) is 0 Å². The maximum absolute atomic E-state index is 12.3. The van der Waals surface area contributed by atoms with E-state index in [2.05, 4.69) is 6.92 Å². The van der Waals surface area contributed by atoms with E-state index in [0.717, 1.165) is 12.8 Å². The summed E-state index contributed by atoms with van der Waals surface area (Å²) in [5.74, 6) is 0.00390. The van der Waals surface area contributed by atoms with Crippen LogP contribution in [-0.2, 0) is 4.79 Å². The molecule has 0 saturated carbocycles. The molecule has 5 nitrogen and oxygen atoms in total. The Balaban J connectivity index is 1.91. The quantitative estimate of drug-likeness (QED) is 0.921. The lowest BCUT2D eigenvalue weighted by Gasteiger charge is -2.35. The number of phenols is 1. The number of unbranched alkanes of at least 4 members (excludes halogenated alkanes) is 1. The molecule has 0 atom stereocenters. The van der Waals surface area contributed by atoms with Gasteiger partial charge in [0, 0.05) is 32.6 Å². The first-order valence-electron chi connectivity index (χ1n) is 7.48.